The highest BCUT2D eigenvalue weighted by molar-refractivity contribution is 6.01. The molecule has 0 heterocycles. The number of nitrogens with zero attached hydrogens (tertiary/aromatic N) is 1. The predicted molar refractivity (Wildman–Crippen MR) is 93.6 cm³/mol. The Labute approximate surface area is 141 Å². The number of hydrogen-bond donors (Lipinski definition) is 1. The standard InChI is InChI=1S/C19H21FN2O2/c1-13(2)15-7-9-18(10-8-15)22(14(3)23)12-19(24)21-17-6-4-5-16(20)11-17/h4-11,13H,12H2,1-3H3,(H,21,24). The number of halogens is 1. The lowest BCUT2D eigenvalue weighted by atomic mass is 10.0. The van der Waals surface area contributed by atoms with Gasteiger partial charge < -0.3 is 10.2 Å². The molecule has 0 fully saturated rings. The minimum Gasteiger partial charge on any atom is -0.324 e. The van der Waals surface area contributed by atoms with Crippen LogP contribution < -0.4 is 10.2 Å². The van der Waals surface area contributed by atoms with Crippen LogP contribution in [-0.4, -0.2) is 18.4 Å². The van der Waals surface area contributed by atoms with Crippen LogP contribution in [0, 0.1) is 5.82 Å². The van der Waals surface area contributed by atoms with Crippen molar-refractivity contribution in [2.75, 3.05) is 16.8 Å². The molecule has 0 saturated heterocycles. The Morgan fingerprint density at radius 2 is 1.79 bits per heavy atom. The molecule has 24 heavy (non-hydrogen) atoms. The summed E-state index contributed by atoms with van der Waals surface area (Å²) in [5.41, 5.74) is 2.17. The van der Waals surface area contributed by atoms with E-state index in [0.29, 0.717) is 17.3 Å². The zero-order valence-corrected chi connectivity index (χ0v) is 14.0. The molecule has 0 unspecified atom stereocenters. The molecule has 0 aliphatic heterocycles. The average molecular weight is 328 g/mol. The lowest BCUT2D eigenvalue weighted by molar-refractivity contribution is -0.120. The number of amides is 2. The lowest BCUT2D eigenvalue weighted by Gasteiger charge is -2.21. The molecule has 4 nitrogen and oxygen atoms in total. The molecule has 0 atom stereocenters. The van der Waals surface area contributed by atoms with Crippen LogP contribution in [0.25, 0.3) is 0 Å². The monoisotopic (exact) mass is 328 g/mol. The van der Waals surface area contributed by atoms with Gasteiger partial charge in [-0.2, -0.15) is 0 Å². The van der Waals surface area contributed by atoms with Crippen molar-refractivity contribution in [2.24, 2.45) is 0 Å². The van der Waals surface area contributed by atoms with Crippen LogP contribution in [0.2, 0.25) is 0 Å². The van der Waals surface area contributed by atoms with Crippen LogP contribution in [0.4, 0.5) is 15.8 Å². The van der Waals surface area contributed by atoms with Gasteiger partial charge in [-0.25, -0.2) is 4.39 Å². The van der Waals surface area contributed by atoms with Gasteiger partial charge in [-0.1, -0.05) is 32.0 Å². The van der Waals surface area contributed by atoms with Crippen molar-refractivity contribution in [3.05, 3.63) is 59.9 Å². The third kappa shape index (κ3) is 4.65. The second-order valence-corrected chi connectivity index (χ2v) is 5.91. The smallest absolute Gasteiger partial charge is 0.244 e. The second kappa shape index (κ2) is 7.73. The third-order valence-corrected chi connectivity index (χ3v) is 3.66. The summed E-state index contributed by atoms with van der Waals surface area (Å²) < 4.78 is 13.2. The molecule has 0 radical (unpaired) electrons. The fourth-order valence-electron chi connectivity index (χ4n) is 2.33. The van der Waals surface area contributed by atoms with Gasteiger partial charge in [0.1, 0.15) is 12.4 Å². The predicted octanol–water partition coefficient (Wildman–Crippen LogP) is 3.94. The first kappa shape index (κ1) is 17.7. The lowest BCUT2D eigenvalue weighted by Crippen LogP contribution is -2.36. The molecule has 0 bridgehead atoms. The molecule has 2 aromatic rings. The van der Waals surface area contributed by atoms with Gasteiger partial charge in [-0.3, -0.25) is 9.59 Å². The van der Waals surface area contributed by atoms with Crippen LogP contribution in [0.15, 0.2) is 48.5 Å². The van der Waals surface area contributed by atoms with Gasteiger partial charge in [0.05, 0.1) is 0 Å². The Morgan fingerprint density at radius 3 is 2.33 bits per heavy atom. The minimum absolute atomic E-state index is 0.132. The van der Waals surface area contributed by atoms with E-state index in [0.717, 1.165) is 5.56 Å². The Balaban J connectivity index is 2.10. The van der Waals surface area contributed by atoms with Crippen molar-refractivity contribution in [1.82, 2.24) is 0 Å². The summed E-state index contributed by atoms with van der Waals surface area (Å²) in [4.78, 5) is 25.4. The quantitative estimate of drug-likeness (QED) is 0.904. The van der Waals surface area contributed by atoms with Gasteiger partial charge in [0.15, 0.2) is 0 Å². The number of anilines is 2. The highest BCUT2D eigenvalue weighted by Crippen LogP contribution is 2.20. The topological polar surface area (TPSA) is 49.4 Å². The number of nitrogens with one attached hydrogen (secondary N) is 1. The van der Waals surface area contributed by atoms with Crippen LogP contribution in [-0.2, 0) is 9.59 Å². The van der Waals surface area contributed by atoms with E-state index in [2.05, 4.69) is 19.2 Å². The summed E-state index contributed by atoms with van der Waals surface area (Å²) in [6, 6.07) is 13.2. The fourth-order valence-corrected chi connectivity index (χ4v) is 2.33. The van der Waals surface area contributed by atoms with Crippen molar-refractivity contribution in [3.8, 4) is 0 Å². The Morgan fingerprint density at radius 1 is 1.12 bits per heavy atom. The Bertz CT molecular complexity index is 726. The molecule has 0 saturated carbocycles. The largest absolute Gasteiger partial charge is 0.324 e. The van der Waals surface area contributed by atoms with E-state index < -0.39 is 5.82 Å². The number of carbonyl (C=O) groups excluding carboxylic acids is 2. The van der Waals surface area contributed by atoms with Gasteiger partial charge in [-0.05, 0) is 41.8 Å². The SMILES string of the molecule is CC(=O)N(CC(=O)Nc1cccc(F)c1)c1ccc(C(C)C)cc1. The molecule has 5 heteroatoms. The summed E-state index contributed by atoms with van der Waals surface area (Å²) in [5, 5.41) is 2.59. The van der Waals surface area contributed by atoms with E-state index in [4.69, 9.17) is 0 Å². The van der Waals surface area contributed by atoms with Crippen LogP contribution in [0.1, 0.15) is 32.3 Å². The maximum Gasteiger partial charge on any atom is 0.244 e. The van der Waals surface area contributed by atoms with Gasteiger partial charge in [-0.15, -0.1) is 0 Å². The first-order chi connectivity index (χ1) is 11.4. The van der Waals surface area contributed by atoms with Crippen molar-refractivity contribution >= 4 is 23.2 Å². The molecule has 0 aliphatic carbocycles. The van der Waals surface area contributed by atoms with E-state index in [1.54, 1.807) is 6.07 Å². The molecule has 1 N–H and O–H groups in total. The number of carbonyl (C=O) groups is 2. The van der Waals surface area contributed by atoms with Crippen molar-refractivity contribution in [2.45, 2.75) is 26.7 Å². The number of rotatable bonds is 5. The maximum atomic E-state index is 13.2. The van der Waals surface area contributed by atoms with Crippen LogP contribution in [0.3, 0.4) is 0 Å². The van der Waals surface area contributed by atoms with Gasteiger partial charge >= 0.3 is 0 Å². The molecular weight excluding hydrogens is 307 g/mol. The van der Waals surface area contributed by atoms with Crippen LogP contribution >= 0.6 is 0 Å². The third-order valence-electron chi connectivity index (χ3n) is 3.66. The summed E-state index contributed by atoms with van der Waals surface area (Å²) in [5.74, 6) is -0.660. The number of hydrogen-bond acceptors (Lipinski definition) is 2. The van der Waals surface area contributed by atoms with Gasteiger partial charge in [0, 0.05) is 18.3 Å². The summed E-state index contributed by atoms with van der Waals surface area (Å²) in [7, 11) is 0. The fraction of sp³-hybridized carbons (Fsp3) is 0.263. The molecule has 126 valence electrons. The Kier molecular flexibility index (Phi) is 5.68. The zero-order valence-electron chi connectivity index (χ0n) is 14.0. The second-order valence-electron chi connectivity index (χ2n) is 5.91. The summed E-state index contributed by atoms with van der Waals surface area (Å²) in [6.45, 7) is 5.45. The first-order valence-corrected chi connectivity index (χ1v) is 7.80. The highest BCUT2D eigenvalue weighted by Gasteiger charge is 2.16. The average Bonchev–Trinajstić information content (AvgIpc) is 2.52. The minimum atomic E-state index is -0.430. The van der Waals surface area contributed by atoms with Crippen molar-refractivity contribution in [1.29, 1.82) is 0 Å². The maximum absolute atomic E-state index is 13.2. The summed E-state index contributed by atoms with van der Waals surface area (Å²) in [6.07, 6.45) is 0. The van der Waals surface area contributed by atoms with Crippen molar-refractivity contribution < 1.29 is 14.0 Å². The molecule has 2 amide bonds. The Hall–Kier alpha value is -2.69. The number of benzene rings is 2. The normalized spacial score (nSPS) is 10.5. The van der Waals surface area contributed by atoms with E-state index in [9.17, 15) is 14.0 Å². The molecular formula is C19H21FN2O2. The highest BCUT2D eigenvalue weighted by atomic mass is 19.1. The van der Waals surface area contributed by atoms with Gasteiger partial charge in [0.25, 0.3) is 0 Å². The molecule has 0 spiro atoms. The first-order valence-electron chi connectivity index (χ1n) is 7.80. The summed E-state index contributed by atoms with van der Waals surface area (Å²) >= 11 is 0. The molecule has 2 aromatic carbocycles. The molecule has 2 rings (SSSR count). The van der Waals surface area contributed by atoms with Gasteiger partial charge in [0.2, 0.25) is 11.8 Å². The van der Waals surface area contributed by atoms with E-state index in [1.165, 1.54) is 30.0 Å². The van der Waals surface area contributed by atoms with E-state index in [-0.39, 0.29) is 18.4 Å². The molecule has 0 aliphatic rings. The zero-order chi connectivity index (χ0) is 17.7. The molecule has 0 aromatic heterocycles. The van der Waals surface area contributed by atoms with E-state index >= 15 is 0 Å². The van der Waals surface area contributed by atoms with E-state index in [1.807, 2.05) is 24.3 Å². The van der Waals surface area contributed by atoms with Crippen molar-refractivity contribution in [3.63, 3.8) is 0 Å². The van der Waals surface area contributed by atoms with Crippen LogP contribution in [0.5, 0.6) is 0 Å².